The van der Waals surface area contributed by atoms with Crippen LogP contribution in [0.1, 0.15) is 44.7 Å². The van der Waals surface area contributed by atoms with Crippen LogP contribution in [0.2, 0.25) is 5.04 Å². The number of carbonyl (C=O) groups is 1. The van der Waals surface area contributed by atoms with E-state index in [1.54, 1.807) is 4.90 Å². The van der Waals surface area contributed by atoms with Crippen molar-refractivity contribution in [3.8, 4) is 5.75 Å². The van der Waals surface area contributed by atoms with Gasteiger partial charge in [0.15, 0.2) is 0 Å². The van der Waals surface area contributed by atoms with Gasteiger partial charge in [-0.15, -0.1) is 0 Å². The third-order valence-corrected chi connectivity index (χ3v) is 14.0. The molecule has 0 bridgehead atoms. The van der Waals surface area contributed by atoms with Gasteiger partial charge in [0.2, 0.25) is 0 Å². The summed E-state index contributed by atoms with van der Waals surface area (Å²) >= 11 is 0. The Hall–Kier alpha value is -4.61. The van der Waals surface area contributed by atoms with Gasteiger partial charge in [0.1, 0.15) is 5.75 Å². The Balaban J connectivity index is 1.26. The van der Waals surface area contributed by atoms with Gasteiger partial charge in [-0.05, 0) is 88.5 Å². The van der Waals surface area contributed by atoms with Crippen LogP contribution >= 0.6 is 0 Å². The van der Waals surface area contributed by atoms with Crippen molar-refractivity contribution in [2.24, 2.45) is 5.92 Å². The van der Waals surface area contributed by atoms with Crippen LogP contribution in [-0.2, 0) is 17.6 Å². The second-order valence-electron chi connectivity index (χ2n) is 13.2. The van der Waals surface area contributed by atoms with Crippen molar-refractivity contribution in [3.05, 3.63) is 151 Å². The number of anilines is 2. The normalized spacial score (nSPS) is 14.9. The summed E-state index contributed by atoms with van der Waals surface area (Å²) < 4.78 is 13.6. The summed E-state index contributed by atoms with van der Waals surface area (Å²) in [5.74, 6) is 1.21. The maximum absolute atomic E-state index is 13.6. The number of hydrogen-bond acceptors (Lipinski definition) is 3. The van der Waals surface area contributed by atoms with Crippen molar-refractivity contribution in [2.45, 2.75) is 51.5 Å². The minimum absolute atomic E-state index is 0.122. The molecule has 5 heteroatoms. The molecule has 0 aromatic heterocycles. The quantitative estimate of drug-likeness (QED) is 0.128. The average Bonchev–Trinajstić information content (AvgIpc) is 3.30. The summed E-state index contributed by atoms with van der Waals surface area (Å²) in [6.07, 6.45) is 3.42. The zero-order valence-corrected chi connectivity index (χ0v) is 28.1. The lowest BCUT2D eigenvalue weighted by molar-refractivity contribution is 0.133. The average molecular weight is 626 g/mol. The number of fused-ring (bicyclic) bond motifs is 1. The number of amides is 1. The predicted octanol–water partition coefficient (Wildman–Crippen LogP) is 9.10. The Morgan fingerprint density at radius 1 is 0.717 bits per heavy atom. The first-order chi connectivity index (χ1) is 22.4. The van der Waals surface area contributed by atoms with Crippen LogP contribution in [0.25, 0.3) is 0 Å². The molecule has 0 saturated carbocycles. The van der Waals surface area contributed by atoms with E-state index in [-0.39, 0.29) is 17.0 Å². The molecule has 1 aliphatic carbocycles. The summed E-state index contributed by atoms with van der Waals surface area (Å²) in [6.45, 7) is 7.33. The number of rotatable bonds is 8. The molecule has 46 heavy (non-hydrogen) atoms. The number of hydrogen-bond donors (Lipinski definition) is 0. The van der Waals surface area contributed by atoms with Crippen molar-refractivity contribution in [2.75, 3.05) is 11.5 Å². The minimum atomic E-state index is -2.76. The first-order valence-electron chi connectivity index (χ1n) is 16.3. The molecule has 0 saturated heterocycles. The lowest BCUT2D eigenvalue weighted by atomic mass is 9.97. The highest BCUT2D eigenvalue weighted by Crippen LogP contribution is 2.40. The van der Waals surface area contributed by atoms with Crippen LogP contribution in [0.3, 0.4) is 0 Å². The zero-order chi connectivity index (χ0) is 32.0. The smallest absolute Gasteiger partial charge is 0.418 e. The van der Waals surface area contributed by atoms with E-state index in [1.807, 2.05) is 60.7 Å². The molecule has 0 aliphatic heterocycles. The van der Waals surface area contributed by atoms with Crippen molar-refractivity contribution >= 4 is 36.2 Å². The van der Waals surface area contributed by atoms with E-state index in [9.17, 15) is 4.79 Å². The SMILES string of the molecule is CC(C)(C)[Si](Oc1cccc2c1CCCC(COC(=O)N(c1ccccc1)c1ccccc1)C2)(c1ccccc1)c1ccccc1. The van der Waals surface area contributed by atoms with Crippen LogP contribution in [0.15, 0.2) is 140 Å². The molecule has 0 radical (unpaired) electrons. The molecule has 6 rings (SSSR count). The molecule has 1 amide bonds. The van der Waals surface area contributed by atoms with Crippen molar-refractivity contribution in [1.29, 1.82) is 0 Å². The van der Waals surface area contributed by atoms with Crippen molar-refractivity contribution in [1.82, 2.24) is 0 Å². The van der Waals surface area contributed by atoms with Gasteiger partial charge in [-0.1, -0.05) is 130 Å². The molecule has 0 heterocycles. The third-order valence-electron chi connectivity index (χ3n) is 9.11. The Morgan fingerprint density at radius 3 is 1.76 bits per heavy atom. The number of benzene rings is 5. The largest absolute Gasteiger partial charge is 0.534 e. The number of para-hydroxylation sites is 2. The first kappa shape index (κ1) is 31.4. The van der Waals surface area contributed by atoms with Gasteiger partial charge < -0.3 is 9.16 Å². The lowest BCUT2D eigenvalue weighted by Crippen LogP contribution is -2.68. The second kappa shape index (κ2) is 13.8. The number of carbonyl (C=O) groups excluding carboxylic acids is 1. The molecule has 0 fully saturated rings. The standard InChI is InChI=1S/C41H43NO3Si/c1-41(2,3)46(36-24-12-6-13-25-36,37-26-14-7-15-27-37)45-39-29-17-19-33-30-32(18-16-28-38(33)39)31-44-40(43)42(34-20-8-4-9-21-34)35-22-10-5-11-23-35/h4-15,17,19-27,29,32H,16,18,28,30-31H2,1-3H3. The van der Waals surface area contributed by atoms with E-state index < -0.39 is 8.32 Å². The van der Waals surface area contributed by atoms with E-state index in [2.05, 4.69) is 99.6 Å². The van der Waals surface area contributed by atoms with E-state index in [0.29, 0.717) is 6.61 Å². The fourth-order valence-electron chi connectivity index (χ4n) is 6.89. The number of ether oxygens (including phenoxy) is 1. The van der Waals surface area contributed by atoms with Crippen LogP contribution in [0, 0.1) is 5.92 Å². The highest BCUT2D eigenvalue weighted by molar-refractivity contribution is 7.00. The van der Waals surface area contributed by atoms with E-state index >= 15 is 0 Å². The molecular formula is C41H43NO3Si. The Kier molecular flexibility index (Phi) is 9.41. The van der Waals surface area contributed by atoms with Gasteiger partial charge in [0, 0.05) is 0 Å². The van der Waals surface area contributed by atoms with Crippen LogP contribution in [0.5, 0.6) is 5.75 Å². The van der Waals surface area contributed by atoms with Gasteiger partial charge in [-0.3, -0.25) is 0 Å². The summed E-state index contributed by atoms with van der Waals surface area (Å²) in [4.78, 5) is 15.2. The van der Waals surface area contributed by atoms with Gasteiger partial charge in [-0.25, -0.2) is 9.69 Å². The summed E-state index contributed by atoms with van der Waals surface area (Å²) in [6, 6.07) is 47.5. The molecule has 5 aromatic carbocycles. The maximum atomic E-state index is 13.6. The highest BCUT2D eigenvalue weighted by atomic mass is 28.4. The third kappa shape index (κ3) is 6.51. The molecular weight excluding hydrogens is 583 g/mol. The number of nitrogens with zero attached hydrogens (tertiary/aromatic N) is 1. The van der Waals surface area contributed by atoms with Gasteiger partial charge >= 0.3 is 14.4 Å². The fraction of sp³-hybridized carbons (Fsp3) is 0.244. The van der Waals surface area contributed by atoms with Gasteiger partial charge in [0.25, 0.3) is 0 Å². The zero-order valence-electron chi connectivity index (χ0n) is 27.1. The molecule has 4 nitrogen and oxygen atoms in total. The van der Waals surface area contributed by atoms with E-state index in [4.69, 9.17) is 9.16 Å². The first-order valence-corrected chi connectivity index (χ1v) is 18.3. The topological polar surface area (TPSA) is 38.8 Å². The second-order valence-corrected chi connectivity index (χ2v) is 17.4. The van der Waals surface area contributed by atoms with E-state index in [1.165, 1.54) is 21.5 Å². The summed E-state index contributed by atoms with van der Waals surface area (Å²) in [5.41, 5.74) is 4.15. The molecule has 1 atom stereocenters. The molecule has 0 spiro atoms. The minimum Gasteiger partial charge on any atom is -0.534 e. The molecule has 234 valence electrons. The van der Waals surface area contributed by atoms with Crippen molar-refractivity contribution < 1.29 is 14.0 Å². The fourth-order valence-corrected chi connectivity index (χ4v) is 11.3. The van der Waals surface area contributed by atoms with E-state index in [0.717, 1.165) is 42.8 Å². The predicted molar refractivity (Wildman–Crippen MR) is 191 cm³/mol. The van der Waals surface area contributed by atoms with Crippen molar-refractivity contribution in [3.63, 3.8) is 0 Å². The maximum Gasteiger partial charge on any atom is 0.418 e. The van der Waals surface area contributed by atoms with Crippen LogP contribution < -0.4 is 19.7 Å². The Labute approximate surface area is 274 Å². The Morgan fingerprint density at radius 2 is 1.24 bits per heavy atom. The summed E-state index contributed by atoms with van der Waals surface area (Å²) in [7, 11) is -2.76. The molecule has 5 aromatic rings. The van der Waals surface area contributed by atoms with Gasteiger partial charge in [0.05, 0.1) is 18.0 Å². The molecule has 1 unspecified atom stereocenters. The van der Waals surface area contributed by atoms with Crippen LogP contribution in [-0.4, -0.2) is 21.0 Å². The monoisotopic (exact) mass is 625 g/mol. The highest BCUT2D eigenvalue weighted by Gasteiger charge is 2.52. The summed E-state index contributed by atoms with van der Waals surface area (Å²) in [5, 5.41) is 2.42. The molecule has 1 aliphatic rings. The van der Waals surface area contributed by atoms with Crippen LogP contribution in [0.4, 0.5) is 16.2 Å². The van der Waals surface area contributed by atoms with Gasteiger partial charge in [-0.2, -0.15) is 0 Å². The lowest BCUT2D eigenvalue weighted by Gasteiger charge is -2.43. The Bertz CT molecular complexity index is 1640. The molecule has 0 N–H and O–H groups in total.